The number of rotatable bonds is 2. The van der Waals surface area contributed by atoms with Crippen LogP contribution in [0.4, 0.5) is 26.3 Å². The molecule has 0 aliphatic carbocycles. The number of halogens is 8. The van der Waals surface area contributed by atoms with E-state index in [-0.39, 0.29) is 44.9 Å². The molecular weight excluding hydrogens is 1140 g/mol. The summed E-state index contributed by atoms with van der Waals surface area (Å²) in [6, 6.07) is 17.5. The molecule has 0 saturated heterocycles. The minimum atomic E-state index is -4.46. The summed E-state index contributed by atoms with van der Waals surface area (Å²) in [5.41, 5.74) is 5.36. The van der Waals surface area contributed by atoms with Crippen molar-refractivity contribution in [1.82, 2.24) is 61.0 Å². The molecule has 7 aromatic heterocycles. The van der Waals surface area contributed by atoms with E-state index in [2.05, 4.69) is 70.4 Å². The van der Waals surface area contributed by atoms with E-state index in [0.717, 1.165) is 46.3 Å². The van der Waals surface area contributed by atoms with Crippen LogP contribution in [0.3, 0.4) is 0 Å². The summed E-state index contributed by atoms with van der Waals surface area (Å²) in [6.07, 6.45) is -5.95. The van der Waals surface area contributed by atoms with Gasteiger partial charge in [-0.2, -0.15) is 36.5 Å². The molecular formula is C33H34Cl2F6N12Pt2. The molecule has 0 radical (unpaired) electrons. The number of hydrogen-bond donors (Lipinski definition) is 2. The molecule has 2 N–H and O–H groups in total. The molecule has 0 fully saturated rings. The zero-order chi connectivity index (χ0) is 39.6. The quantitative estimate of drug-likeness (QED) is 0.162. The first-order valence-corrected chi connectivity index (χ1v) is 17.8. The van der Waals surface area contributed by atoms with Gasteiger partial charge in [-0.1, -0.05) is 36.5 Å². The largest absolute Gasteiger partial charge is 2.00 e. The third-order valence-corrected chi connectivity index (χ3v) is 5.96. The molecule has 0 unspecified atom stereocenters. The molecule has 7 heterocycles. The van der Waals surface area contributed by atoms with Gasteiger partial charge in [0.1, 0.15) is 11.4 Å². The van der Waals surface area contributed by atoms with Gasteiger partial charge in [0.15, 0.2) is 0 Å². The zero-order valence-electron chi connectivity index (χ0n) is 29.7. The number of alkyl halides is 6. The summed E-state index contributed by atoms with van der Waals surface area (Å²) < 4.78 is 73.2. The standard InChI is InChI=1S/2C9H5F3N3.2C5H8N2.C5H7N2.2ClH.2Pt/c2*10-9(11,12)8-5-7(14-15-8)6-3-1-2-4-13-6;3*1-4-3-5(2)7-6-4;;;;/h2*1-5H;2*3H,1-2H3,(H,6,7);3H,1-2H3;2*1H;;/q2*-1;;;-1;;;2*+2/p-1. The maximum Gasteiger partial charge on any atom is 2.00 e. The fourth-order valence-electron chi connectivity index (χ4n) is 3.77. The Labute approximate surface area is 348 Å². The number of aromatic nitrogens is 12. The number of aryl methyl sites for hydroxylation is 6. The summed E-state index contributed by atoms with van der Waals surface area (Å²) in [6.45, 7) is 11.8. The van der Waals surface area contributed by atoms with Crippen molar-refractivity contribution in [3.63, 3.8) is 0 Å². The molecule has 0 spiro atoms. The van der Waals surface area contributed by atoms with E-state index in [4.69, 9.17) is 0 Å². The molecule has 7 rings (SSSR count). The van der Waals surface area contributed by atoms with Crippen LogP contribution in [0.1, 0.15) is 45.6 Å². The van der Waals surface area contributed by atoms with Gasteiger partial charge in [-0.25, -0.2) is 0 Å². The molecule has 0 saturated carbocycles. The average molecular weight is 1170 g/mol. The normalized spacial score (nSPS) is 10.1. The number of nitrogens with one attached hydrogen (secondary N) is 2. The number of H-pyrrole nitrogens is 2. The molecule has 0 amide bonds. The van der Waals surface area contributed by atoms with Crippen molar-refractivity contribution in [1.29, 1.82) is 0 Å². The van der Waals surface area contributed by atoms with Crippen LogP contribution in [0.5, 0.6) is 0 Å². The van der Waals surface area contributed by atoms with Crippen LogP contribution in [0.25, 0.3) is 22.8 Å². The minimum Gasteiger partial charge on any atom is 2.00 e. The second-order valence-corrected chi connectivity index (χ2v) is 10.7. The molecule has 7 aromatic rings. The second-order valence-electron chi connectivity index (χ2n) is 10.7. The first kappa shape index (κ1) is 50.9. The summed E-state index contributed by atoms with van der Waals surface area (Å²) in [7, 11) is 4.61. The molecule has 302 valence electrons. The van der Waals surface area contributed by atoms with Gasteiger partial charge in [-0.3, -0.25) is 20.2 Å². The van der Waals surface area contributed by atoms with Crippen LogP contribution in [-0.2, 0) is 52.2 Å². The van der Waals surface area contributed by atoms with E-state index >= 15 is 0 Å². The predicted molar refractivity (Wildman–Crippen MR) is 188 cm³/mol. The summed E-state index contributed by atoms with van der Waals surface area (Å²) in [4.78, 5) is 7.75. The van der Waals surface area contributed by atoms with Crippen molar-refractivity contribution in [3.05, 3.63) is 125 Å². The van der Waals surface area contributed by atoms with Crippen molar-refractivity contribution >= 4 is 21.8 Å². The summed E-state index contributed by atoms with van der Waals surface area (Å²) in [5, 5.41) is 33.9. The van der Waals surface area contributed by atoms with Crippen molar-refractivity contribution in [2.75, 3.05) is 0 Å². The Kier molecular flexibility index (Phi) is 23.2. The Bertz CT molecular complexity index is 1800. The SMILES string of the molecule is Cc1cc(C)[n-]n1.Cc1cc(C)[nH]n1.Cc1cc(C)[nH]n1.Cl.FC(F)(F)c1cc(-c2ccccn2)[n-]n1.FC(F)(F)c1cc(-c2ccccn2)[n-]n1.[Cl][Pt+].[Pt+2]. The van der Waals surface area contributed by atoms with E-state index in [1.54, 1.807) is 55.2 Å². The predicted octanol–water partition coefficient (Wildman–Crippen LogP) is 8.05. The van der Waals surface area contributed by atoms with Crippen molar-refractivity contribution < 1.29 is 66.2 Å². The first-order chi connectivity index (χ1) is 25.0. The van der Waals surface area contributed by atoms with Gasteiger partial charge in [-0.05, 0) is 83.1 Å². The van der Waals surface area contributed by atoms with E-state index in [1.807, 2.05) is 59.7 Å². The van der Waals surface area contributed by atoms with Crippen molar-refractivity contribution in [3.8, 4) is 22.8 Å². The van der Waals surface area contributed by atoms with Crippen LogP contribution in [-0.4, -0.2) is 45.7 Å². The molecule has 0 aromatic carbocycles. The average Bonchev–Trinajstić information content (AvgIpc) is 3.97. The molecule has 12 nitrogen and oxygen atoms in total. The van der Waals surface area contributed by atoms with Crippen LogP contribution >= 0.6 is 21.8 Å². The van der Waals surface area contributed by atoms with Crippen LogP contribution in [0.2, 0.25) is 0 Å². The maximum atomic E-state index is 12.2. The summed E-state index contributed by atoms with van der Waals surface area (Å²) in [5.74, 6) is 0. The third-order valence-electron chi connectivity index (χ3n) is 5.96. The molecule has 22 heteroatoms. The topological polar surface area (TPSA) is 164 Å². The zero-order valence-corrected chi connectivity index (χ0v) is 35.8. The fraction of sp³-hybridized carbons (Fsp3) is 0.242. The fourth-order valence-corrected chi connectivity index (χ4v) is 3.77. The minimum absolute atomic E-state index is 0. The Morgan fingerprint density at radius 3 is 1.15 bits per heavy atom. The van der Waals surface area contributed by atoms with Crippen molar-refractivity contribution in [2.24, 2.45) is 0 Å². The van der Waals surface area contributed by atoms with Gasteiger partial charge in [0.05, 0.1) is 11.4 Å². The Morgan fingerprint density at radius 2 is 0.964 bits per heavy atom. The molecule has 0 atom stereocenters. The monoisotopic (exact) mass is 1170 g/mol. The van der Waals surface area contributed by atoms with Gasteiger partial charge < -0.3 is 30.6 Å². The van der Waals surface area contributed by atoms with Crippen LogP contribution < -0.4 is 15.3 Å². The van der Waals surface area contributed by atoms with Crippen LogP contribution in [0.15, 0.2) is 79.1 Å². The van der Waals surface area contributed by atoms with Gasteiger partial charge in [0.2, 0.25) is 0 Å². The number of nitrogens with zero attached hydrogens (tertiary/aromatic N) is 10. The van der Waals surface area contributed by atoms with Crippen LogP contribution in [0, 0.1) is 41.5 Å². The van der Waals surface area contributed by atoms with E-state index in [9.17, 15) is 26.3 Å². The van der Waals surface area contributed by atoms with Gasteiger partial charge >= 0.3 is 61.6 Å². The van der Waals surface area contributed by atoms with E-state index < -0.39 is 23.7 Å². The molecule has 55 heavy (non-hydrogen) atoms. The third kappa shape index (κ3) is 19.4. The number of hydrogen-bond acceptors (Lipinski definition) is 7. The van der Waals surface area contributed by atoms with Gasteiger partial charge in [0.25, 0.3) is 0 Å². The van der Waals surface area contributed by atoms with Gasteiger partial charge in [-0.15, -0.1) is 18.1 Å². The Balaban J connectivity index is 0.000000678. The Hall–Kier alpha value is -4.11. The second kappa shape index (κ2) is 25.1. The molecule has 0 aliphatic heterocycles. The van der Waals surface area contributed by atoms with Crippen molar-refractivity contribution in [2.45, 2.75) is 53.9 Å². The number of pyridine rings is 2. The van der Waals surface area contributed by atoms with Gasteiger partial charge in [0, 0.05) is 40.9 Å². The Morgan fingerprint density at radius 1 is 0.564 bits per heavy atom. The first-order valence-electron chi connectivity index (χ1n) is 15.0. The smallest absolute Gasteiger partial charge is 2.00 e. The maximum absolute atomic E-state index is 12.2. The number of aromatic amines is 2. The molecule has 0 aliphatic rings. The van der Waals surface area contributed by atoms with E-state index in [0.29, 0.717) is 11.4 Å². The van der Waals surface area contributed by atoms with E-state index in [1.165, 1.54) is 12.4 Å². The summed E-state index contributed by atoms with van der Waals surface area (Å²) >= 11 is 1.61. The molecule has 0 bridgehead atoms.